The highest BCUT2D eigenvalue weighted by atomic mass is 16.6. The van der Waals surface area contributed by atoms with Gasteiger partial charge in [-0.15, -0.1) is 0 Å². The Morgan fingerprint density at radius 2 is 1.97 bits per heavy atom. The van der Waals surface area contributed by atoms with Crippen LogP contribution >= 0.6 is 0 Å². The fourth-order valence-electron chi connectivity index (χ4n) is 4.96. The average Bonchev–Trinajstić information content (AvgIpc) is 2.72. The Labute approximate surface area is 183 Å². The molecule has 0 unspecified atom stereocenters. The summed E-state index contributed by atoms with van der Waals surface area (Å²) in [6.45, 7) is 7.62. The number of rotatable bonds is 6. The van der Waals surface area contributed by atoms with Crippen LogP contribution in [0.2, 0.25) is 0 Å². The van der Waals surface area contributed by atoms with Crippen molar-refractivity contribution in [3.63, 3.8) is 0 Å². The van der Waals surface area contributed by atoms with Crippen molar-refractivity contribution in [1.29, 1.82) is 0 Å². The number of ketones is 2. The number of esters is 2. The number of carbonyl (C=O) groups excluding carboxylic acids is 4. The van der Waals surface area contributed by atoms with Crippen molar-refractivity contribution in [2.45, 2.75) is 91.0 Å². The first-order valence-corrected chi connectivity index (χ1v) is 11.4. The van der Waals surface area contributed by atoms with E-state index in [9.17, 15) is 24.3 Å². The third kappa shape index (κ3) is 4.92. The van der Waals surface area contributed by atoms with Crippen molar-refractivity contribution >= 4 is 23.5 Å². The van der Waals surface area contributed by atoms with Crippen LogP contribution in [0.15, 0.2) is 11.6 Å². The number of Topliss-reactive ketones (excluding diaryl/α,β-unsaturated/α-hetero) is 1. The van der Waals surface area contributed by atoms with Crippen LogP contribution in [0.3, 0.4) is 0 Å². The monoisotopic (exact) mass is 434 g/mol. The first kappa shape index (κ1) is 23.6. The molecule has 0 spiro atoms. The third-order valence-corrected chi connectivity index (χ3v) is 7.44. The van der Waals surface area contributed by atoms with E-state index in [1.165, 1.54) is 0 Å². The lowest BCUT2D eigenvalue weighted by molar-refractivity contribution is -0.171. The van der Waals surface area contributed by atoms with Gasteiger partial charge in [-0.2, -0.15) is 0 Å². The summed E-state index contributed by atoms with van der Waals surface area (Å²) in [7, 11) is 0. The Balaban J connectivity index is 1.76. The van der Waals surface area contributed by atoms with Crippen LogP contribution in [0.5, 0.6) is 0 Å². The van der Waals surface area contributed by atoms with Gasteiger partial charge in [0.05, 0.1) is 5.41 Å². The Kier molecular flexibility index (Phi) is 7.04. The number of aliphatic hydroxyl groups is 1. The van der Waals surface area contributed by atoms with Gasteiger partial charge in [-0.25, -0.2) is 4.79 Å². The lowest BCUT2D eigenvalue weighted by Crippen LogP contribution is -2.45. The topological polar surface area (TPSA) is 107 Å². The zero-order valence-electron chi connectivity index (χ0n) is 18.9. The number of aliphatic hydroxyl groups excluding tert-OH is 1. The molecular formula is C24H34O7. The van der Waals surface area contributed by atoms with Crippen molar-refractivity contribution in [2.24, 2.45) is 23.2 Å². The third-order valence-electron chi connectivity index (χ3n) is 7.44. The first-order chi connectivity index (χ1) is 14.5. The number of fused-ring (bicyclic) bond motifs is 1. The molecule has 3 aliphatic rings. The van der Waals surface area contributed by atoms with Gasteiger partial charge in [0, 0.05) is 18.3 Å². The van der Waals surface area contributed by atoms with Gasteiger partial charge in [0.2, 0.25) is 0 Å². The van der Waals surface area contributed by atoms with Crippen LogP contribution < -0.4 is 0 Å². The number of hydrogen-bond acceptors (Lipinski definition) is 7. The highest BCUT2D eigenvalue weighted by molar-refractivity contribution is 6.35. The van der Waals surface area contributed by atoms with Crippen molar-refractivity contribution < 1.29 is 33.8 Å². The second-order valence-corrected chi connectivity index (χ2v) is 9.89. The minimum atomic E-state index is -1.33. The molecule has 7 heteroatoms. The summed E-state index contributed by atoms with van der Waals surface area (Å²) in [6.07, 6.45) is 3.81. The lowest BCUT2D eigenvalue weighted by atomic mass is 9.64. The van der Waals surface area contributed by atoms with Gasteiger partial charge in [0.15, 0.2) is 5.78 Å². The second-order valence-electron chi connectivity index (χ2n) is 9.89. The van der Waals surface area contributed by atoms with E-state index in [-0.39, 0.29) is 42.0 Å². The van der Waals surface area contributed by atoms with E-state index in [4.69, 9.17) is 9.47 Å². The van der Waals surface area contributed by atoms with Crippen molar-refractivity contribution in [2.75, 3.05) is 0 Å². The van der Waals surface area contributed by atoms with Gasteiger partial charge < -0.3 is 14.6 Å². The molecule has 0 aromatic rings. The molecule has 2 aliphatic carbocycles. The summed E-state index contributed by atoms with van der Waals surface area (Å²) < 4.78 is 11.2. The molecule has 0 aromatic heterocycles. The summed E-state index contributed by atoms with van der Waals surface area (Å²) in [5.41, 5.74) is 0.480. The van der Waals surface area contributed by atoms with Gasteiger partial charge in [0.1, 0.15) is 18.3 Å². The molecule has 31 heavy (non-hydrogen) atoms. The molecule has 6 atom stereocenters. The standard InChI is InChI=1S/C24H34O7/c1-5-24(3,4)23(29)31-19-8-6-7-14-11-17(25)13(2)16(20(14)19)10-9-15-12-18(26)21(27)22(28)30-15/h11,13,15-16,18-20,26H,5-10,12H2,1-4H3/t13-,15+,16+,18+,19-,20-/m0/s1. The second kappa shape index (κ2) is 9.23. The smallest absolute Gasteiger partial charge is 0.377 e. The molecule has 2 fully saturated rings. The van der Waals surface area contributed by atoms with Crippen LogP contribution in [0.25, 0.3) is 0 Å². The van der Waals surface area contributed by atoms with Crippen molar-refractivity contribution in [3.8, 4) is 0 Å². The lowest BCUT2D eigenvalue weighted by Gasteiger charge is -2.44. The molecule has 7 nitrogen and oxygen atoms in total. The molecular weight excluding hydrogens is 400 g/mol. The molecule has 1 N–H and O–H groups in total. The van der Waals surface area contributed by atoms with E-state index >= 15 is 0 Å². The molecule has 0 amide bonds. The Hall–Kier alpha value is -2.02. The maximum Gasteiger partial charge on any atom is 0.377 e. The number of carbonyl (C=O) groups is 4. The van der Waals surface area contributed by atoms with Gasteiger partial charge in [0.25, 0.3) is 5.78 Å². The SMILES string of the molecule is CCC(C)(C)C(=O)O[C@H]1CCCC2=CC(=O)[C@@H](C)[C@@H](CC[C@@H]3C[C@@H](O)C(=O)C(=O)O3)[C@H]21. The average molecular weight is 435 g/mol. The molecule has 1 heterocycles. The predicted octanol–water partition coefficient (Wildman–Crippen LogP) is 2.92. The number of ether oxygens (including phenoxy) is 2. The van der Waals surface area contributed by atoms with Crippen LogP contribution in [0.4, 0.5) is 0 Å². The quantitative estimate of drug-likeness (QED) is 0.506. The molecule has 1 aliphatic heterocycles. The number of allylic oxidation sites excluding steroid dienone is 1. The van der Waals surface area contributed by atoms with E-state index in [0.29, 0.717) is 19.3 Å². The van der Waals surface area contributed by atoms with Crippen LogP contribution in [-0.2, 0) is 28.7 Å². The molecule has 172 valence electrons. The first-order valence-electron chi connectivity index (χ1n) is 11.4. The fourth-order valence-corrected chi connectivity index (χ4v) is 4.96. The van der Waals surface area contributed by atoms with Gasteiger partial charge in [-0.3, -0.25) is 14.4 Å². The van der Waals surface area contributed by atoms with Crippen LogP contribution in [0.1, 0.15) is 72.6 Å². The predicted molar refractivity (Wildman–Crippen MR) is 112 cm³/mol. The maximum absolute atomic E-state index is 12.8. The summed E-state index contributed by atoms with van der Waals surface area (Å²) in [6, 6.07) is 0. The Morgan fingerprint density at radius 3 is 2.61 bits per heavy atom. The highest BCUT2D eigenvalue weighted by Crippen LogP contribution is 2.46. The van der Waals surface area contributed by atoms with Gasteiger partial charge >= 0.3 is 11.9 Å². The van der Waals surface area contributed by atoms with Crippen LogP contribution in [0, 0.1) is 23.2 Å². The van der Waals surface area contributed by atoms with Crippen molar-refractivity contribution in [3.05, 3.63) is 11.6 Å². The molecule has 0 bridgehead atoms. The minimum absolute atomic E-state index is 0.0381. The maximum atomic E-state index is 12.8. The number of cyclic esters (lactones) is 1. The summed E-state index contributed by atoms with van der Waals surface area (Å²) in [5.74, 6) is -2.37. The van der Waals surface area contributed by atoms with E-state index in [1.807, 2.05) is 27.7 Å². The van der Waals surface area contributed by atoms with Gasteiger partial charge in [-0.1, -0.05) is 19.4 Å². The Bertz CT molecular complexity index is 781. The minimum Gasteiger partial charge on any atom is -0.461 e. The van der Waals surface area contributed by atoms with Gasteiger partial charge in [-0.05, 0) is 64.4 Å². The summed E-state index contributed by atoms with van der Waals surface area (Å²) in [4.78, 5) is 48.6. The van der Waals surface area contributed by atoms with E-state index < -0.39 is 29.4 Å². The molecule has 1 saturated heterocycles. The fraction of sp³-hybridized carbons (Fsp3) is 0.750. The summed E-state index contributed by atoms with van der Waals surface area (Å²) >= 11 is 0. The number of hydrogen-bond donors (Lipinski definition) is 1. The molecule has 3 rings (SSSR count). The van der Waals surface area contributed by atoms with Crippen LogP contribution in [-0.4, -0.2) is 46.9 Å². The zero-order chi connectivity index (χ0) is 22.9. The largest absolute Gasteiger partial charge is 0.461 e. The van der Waals surface area contributed by atoms with E-state index in [2.05, 4.69) is 0 Å². The zero-order valence-corrected chi connectivity index (χ0v) is 18.9. The highest BCUT2D eigenvalue weighted by Gasteiger charge is 2.46. The van der Waals surface area contributed by atoms with E-state index in [1.54, 1.807) is 6.08 Å². The van der Waals surface area contributed by atoms with E-state index in [0.717, 1.165) is 24.8 Å². The summed E-state index contributed by atoms with van der Waals surface area (Å²) in [5, 5.41) is 9.81. The normalized spacial score (nSPS) is 34.0. The Morgan fingerprint density at radius 1 is 1.26 bits per heavy atom. The van der Waals surface area contributed by atoms with Crippen molar-refractivity contribution in [1.82, 2.24) is 0 Å². The molecule has 0 radical (unpaired) electrons. The molecule has 1 saturated carbocycles. The molecule has 0 aromatic carbocycles.